The number of carbonyl (C=O) groups excluding carboxylic acids is 3. The molecule has 0 rings (SSSR count). The summed E-state index contributed by atoms with van der Waals surface area (Å²) in [6.07, 6.45) is 74.4. The number of hydrogen-bond donors (Lipinski definition) is 0. The molecule has 0 N–H and O–H groups in total. The van der Waals surface area contributed by atoms with Crippen molar-refractivity contribution < 1.29 is 28.6 Å². The average Bonchev–Trinajstić information content (AvgIpc) is 3.35. The van der Waals surface area contributed by atoms with Gasteiger partial charge < -0.3 is 14.2 Å². The Morgan fingerprint density at radius 1 is 0.304 bits per heavy atom. The van der Waals surface area contributed by atoms with Crippen LogP contribution in [0.15, 0.2) is 85.1 Å². The fourth-order valence-corrected chi connectivity index (χ4v) is 8.00. The van der Waals surface area contributed by atoms with Gasteiger partial charge in [-0.1, -0.05) is 234 Å². The third-order valence-corrected chi connectivity index (χ3v) is 12.3. The van der Waals surface area contributed by atoms with E-state index in [9.17, 15) is 14.4 Å². The van der Waals surface area contributed by atoms with Crippen LogP contribution < -0.4 is 0 Å². The molecule has 0 aromatic rings. The van der Waals surface area contributed by atoms with Crippen molar-refractivity contribution in [3.8, 4) is 0 Å². The minimum Gasteiger partial charge on any atom is -0.462 e. The molecule has 6 nitrogen and oxygen atoms in total. The standard InChI is InChI=1S/C63H108O6/c1-4-7-10-13-16-19-22-25-26-27-28-29-30-31-32-33-34-35-36-39-41-44-47-50-53-56-62(65)68-59-60(69-63(66)57-54-51-48-45-42-38-24-21-18-15-12-9-6-3)58-67-61(64)55-52-49-46-43-40-37-23-20-17-14-11-8-5-2/h7,10,12,15-16,19-21,23-26,28-29,60H,4-6,8-9,11,13-14,17-18,22,27,30-59H2,1-3H3/b10-7-,15-12-,19-16-,23-20-,24-21-,26-25-,29-28-. The van der Waals surface area contributed by atoms with Crippen molar-refractivity contribution in [2.24, 2.45) is 0 Å². The molecule has 69 heavy (non-hydrogen) atoms. The van der Waals surface area contributed by atoms with E-state index in [0.717, 1.165) is 122 Å². The Morgan fingerprint density at radius 3 is 0.957 bits per heavy atom. The lowest BCUT2D eigenvalue weighted by Crippen LogP contribution is -2.30. The molecule has 0 aliphatic rings. The third-order valence-electron chi connectivity index (χ3n) is 12.3. The van der Waals surface area contributed by atoms with Crippen molar-refractivity contribution in [3.05, 3.63) is 85.1 Å². The van der Waals surface area contributed by atoms with Gasteiger partial charge in [-0.3, -0.25) is 14.4 Å². The van der Waals surface area contributed by atoms with E-state index in [1.165, 1.54) is 116 Å². The normalized spacial score (nSPS) is 12.7. The molecule has 6 heteroatoms. The Kier molecular flexibility index (Phi) is 54.3. The van der Waals surface area contributed by atoms with Gasteiger partial charge in [0.05, 0.1) is 0 Å². The molecule has 0 aliphatic heterocycles. The van der Waals surface area contributed by atoms with Crippen LogP contribution in [0.25, 0.3) is 0 Å². The molecule has 396 valence electrons. The minimum absolute atomic E-state index is 0.0851. The molecule has 0 heterocycles. The summed E-state index contributed by atoms with van der Waals surface area (Å²) in [6.45, 7) is 6.44. The summed E-state index contributed by atoms with van der Waals surface area (Å²) < 4.78 is 16.8. The van der Waals surface area contributed by atoms with Gasteiger partial charge in [-0.05, 0) is 109 Å². The molecule has 1 atom stereocenters. The van der Waals surface area contributed by atoms with Crippen molar-refractivity contribution in [3.63, 3.8) is 0 Å². The molecular formula is C63H108O6. The molecule has 0 saturated carbocycles. The van der Waals surface area contributed by atoms with Crippen molar-refractivity contribution in [1.82, 2.24) is 0 Å². The van der Waals surface area contributed by atoms with Crippen LogP contribution in [-0.2, 0) is 28.6 Å². The van der Waals surface area contributed by atoms with Gasteiger partial charge in [0.15, 0.2) is 6.10 Å². The Balaban J connectivity index is 4.28. The van der Waals surface area contributed by atoms with Crippen LogP contribution in [0.2, 0.25) is 0 Å². The van der Waals surface area contributed by atoms with E-state index >= 15 is 0 Å². The summed E-state index contributed by atoms with van der Waals surface area (Å²) in [6, 6.07) is 0. The lowest BCUT2D eigenvalue weighted by atomic mass is 10.0. The summed E-state index contributed by atoms with van der Waals surface area (Å²) >= 11 is 0. The van der Waals surface area contributed by atoms with E-state index in [1.54, 1.807) is 0 Å². The first-order chi connectivity index (χ1) is 34.0. The van der Waals surface area contributed by atoms with Gasteiger partial charge in [-0.15, -0.1) is 0 Å². The van der Waals surface area contributed by atoms with Crippen LogP contribution in [0.5, 0.6) is 0 Å². The smallest absolute Gasteiger partial charge is 0.306 e. The number of carbonyl (C=O) groups is 3. The van der Waals surface area contributed by atoms with E-state index in [1.807, 2.05) is 0 Å². The Labute approximate surface area is 426 Å². The van der Waals surface area contributed by atoms with Gasteiger partial charge >= 0.3 is 17.9 Å². The zero-order chi connectivity index (χ0) is 50.0. The molecule has 0 saturated heterocycles. The molecule has 0 bridgehead atoms. The van der Waals surface area contributed by atoms with Crippen molar-refractivity contribution in [2.45, 2.75) is 284 Å². The van der Waals surface area contributed by atoms with Crippen molar-refractivity contribution in [1.29, 1.82) is 0 Å². The minimum atomic E-state index is -0.787. The van der Waals surface area contributed by atoms with Gasteiger partial charge in [0.2, 0.25) is 0 Å². The van der Waals surface area contributed by atoms with E-state index in [4.69, 9.17) is 14.2 Å². The molecule has 0 aromatic carbocycles. The Hall–Kier alpha value is -3.41. The van der Waals surface area contributed by atoms with E-state index < -0.39 is 6.10 Å². The zero-order valence-electron chi connectivity index (χ0n) is 45.3. The summed E-state index contributed by atoms with van der Waals surface area (Å²) in [5.74, 6) is -0.905. The Bertz CT molecular complexity index is 1330. The van der Waals surface area contributed by atoms with Crippen LogP contribution in [0.1, 0.15) is 278 Å². The number of rotatable bonds is 52. The summed E-state index contributed by atoms with van der Waals surface area (Å²) in [7, 11) is 0. The second-order valence-corrected chi connectivity index (χ2v) is 19.2. The van der Waals surface area contributed by atoms with E-state index in [0.29, 0.717) is 19.3 Å². The van der Waals surface area contributed by atoms with Gasteiger partial charge in [-0.25, -0.2) is 0 Å². The first-order valence-electron chi connectivity index (χ1n) is 29.1. The predicted octanol–water partition coefficient (Wildman–Crippen LogP) is 19.5. The van der Waals surface area contributed by atoms with Gasteiger partial charge in [-0.2, -0.15) is 0 Å². The quantitative estimate of drug-likeness (QED) is 0.0262. The maximum absolute atomic E-state index is 12.8. The SMILES string of the molecule is CC/C=C\C/C=C\C/C=C\C/C=C\CCCCCCCCCCCCCCC(=O)OCC(COC(=O)CCCCCCC/C=C\CCCCCC)OC(=O)CCCCCCC/C=C\C/C=C\CCC. The second kappa shape index (κ2) is 57.2. The fourth-order valence-electron chi connectivity index (χ4n) is 8.00. The van der Waals surface area contributed by atoms with E-state index in [2.05, 4.69) is 106 Å². The number of ether oxygens (including phenoxy) is 3. The first-order valence-corrected chi connectivity index (χ1v) is 29.1. The molecule has 0 amide bonds. The van der Waals surface area contributed by atoms with Gasteiger partial charge in [0.25, 0.3) is 0 Å². The zero-order valence-corrected chi connectivity index (χ0v) is 45.3. The number of unbranched alkanes of at least 4 members (excludes halogenated alkanes) is 27. The van der Waals surface area contributed by atoms with Crippen molar-refractivity contribution >= 4 is 17.9 Å². The number of hydrogen-bond acceptors (Lipinski definition) is 6. The molecule has 1 unspecified atom stereocenters. The number of esters is 3. The van der Waals surface area contributed by atoms with Crippen molar-refractivity contribution in [2.75, 3.05) is 13.2 Å². The molecule has 0 aromatic heterocycles. The predicted molar refractivity (Wildman–Crippen MR) is 297 cm³/mol. The molecule has 0 radical (unpaired) electrons. The lowest BCUT2D eigenvalue weighted by Gasteiger charge is -2.18. The highest BCUT2D eigenvalue weighted by atomic mass is 16.6. The van der Waals surface area contributed by atoms with E-state index in [-0.39, 0.29) is 31.1 Å². The number of allylic oxidation sites excluding steroid dienone is 14. The monoisotopic (exact) mass is 961 g/mol. The maximum atomic E-state index is 12.8. The van der Waals surface area contributed by atoms with Crippen LogP contribution in [0.4, 0.5) is 0 Å². The maximum Gasteiger partial charge on any atom is 0.306 e. The van der Waals surface area contributed by atoms with Gasteiger partial charge in [0, 0.05) is 19.3 Å². The van der Waals surface area contributed by atoms with Crippen LogP contribution in [0, 0.1) is 0 Å². The Morgan fingerprint density at radius 2 is 0.594 bits per heavy atom. The topological polar surface area (TPSA) is 78.9 Å². The summed E-state index contributed by atoms with van der Waals surface area (Å²) in [5, 5.41) is 0. The van der Waals surface area contributed by atoms with Gasteiger partial charge in [0.1, 0.15) is 13.2 Å². The van der Waals surface area contributed by atoms with Crippen LogP contribution in [0.3, 0.4) is 0 Å². The molecule has 0 fully saturated rings. The first kappa shape index (κ1) is 65.6. The average molecular weight is 962 g/mol. The molecule has 0 aliphatic carbocycles. The molecule has 0 spiro atoms. The summed E-state index contributed by atoms with van der Waals surface area (Å²) in [5.41, 5.74) is 0. The third kappa shape index (κ3) is 55.4. The van der Waals surface area contributed by atoms with Crippen LogP contribution >= 0.6 is 0 Å². The fraction of sp³-hybridized carbons (Fsp3) is 0.730. The van der Waals surface area contributed by atoms with Crippen LogP contribution in [-0.4, -0.2) is 37.2 Å². The highest BCUT2D eigenvalue weighted by Gasteiger charge is 2.19. The highest BCUT2D eigenvalue weighted by molar-refractivity contribution is 5.71. The highest BCUT2D eigenvalue weighted by Crippen LogP contribution is 2.15. The second-order valence-electron chi connectivity index (χ2n) is 19.2. The lowest BCUT2D eigenvalue weighted by molar-refractivity contribution is -0.167. The molecular weight excluding hydrogens is 853 g/mol. The largest absolute Gasteiger partial charge is 0.462 e. The summed E-state index contributed by atoms with van der Waals surface area (Å²) in [4.78, 5) is 38.1.